The van der Waals surface area contributed by atoms with E-state index in [0.29, 0.717) is 63.6 Å². The maximum atomic E-state index is 13.6. The Morgan fingerprint density at radius 1 is 0.500 bits per heavy atom. The molecule has 0 saturated carbocycles. The van der Waals surface area contributed by atoms with Gasteiger partial charge in [0.25, 0.3) is 0 Å². The molecular weight excluding hydrogens is 748 g/mol. The van der Waals surface area contributed by atoms with Gasteiger partial charge in [-0.3, -0.25) is 14.4 Å². The fourth-order valence-electron chi connectivity index (χ4n) is 6.19. The van der Waals surface area contributed by atoms with Crippen molar-refractivity contribution >= 4 is 41.6 Å². The molecular formula is C45H62O13. The Kier molecular flexibility index (Phi) is 23.3. The quantitative estimate of drug-likeness (QED) is 0.0328. The van der Waals surface area contributed by atoms with Gasteiger partial charge < -0.3 is 29.2 Å². The Morgan fingerprint density at radius 2 is 0.897 bits per heavy atom. The standard InChI is InChI=1S/C45H62O13/c1-5-9-17-31(7-3)29-57-39(46)19-13-11-15-25-55-44(53)37-27-33(21-23-35(37)42(49)50)41(48)34-22-24-36(43(51)52)38(28-34)45(54)56-26-16-12-14-20-40(47)58-30-32(8-4)18-10-6-2/h21-24,27-28,31-32H,5-20,25-26,29-30H2,1-4H3,(H,49,50)(H,51,52). The summed E-state index contributed by atoms with van der Waals surface area (Å²) in [7, 11) is 0. The first-order chi connectivity index (χ1) is 27.9. The Labute approximate surface area is 342 Å². The van der Waals surface area contributed by atoms with Gasteiger partial charge in [0.05, 0.1) is 48.7 Å². The molecule has 0 heterocycles. The van der Waals surface area contributed by atoms with E-state index in [1.807, 2.05) is 0 Å². The number of ketones is 1. The van der Waals surface area contributed by atoms with Crippen LogP contribution >= 0.6 is 0 Å². The first-order valence-electron chi connectivity index (χ1n) is 20.8. The first-order valence-corrected chi connectivity index (χ1v) is 20.8. The SMILES string of the molecule is CCCCC(CC)COC(=O)CCCCCOC(=O)c1cc(C(=O)c2ccc(C(=O)O)c(C(=O)OCCCCCC(=O)OCC(CC)CCCC)c2)ccc1C(=O)O. The van der Waals surface area contributed by atoms with Gasteiger partial charge in [-0.2, -0.15) is 0 Å². The summed E-state index contributed by atoms with van der Waals surface area (Å²) in [5.74, 6) is -5.30. The van der Waals surface area contributed by atoms with E-state index in [1.165, 1.54) is 12.1 Å². The summed E-state index contributed by atoms with van der Waals surface area (Å²) < 4.78 is 21.5. The van der Waals surface area contributed by atoms with E-state index in [0.717, 1.165) is 75.6 Å². The highest BCUT2D eigenvalue weighted by atomic mass is 16.5. The van der Waals surface area contributed by atoms with Gasteiger partial charge in [-0.1, -0.05) is 78.4 Å². The molecule has 2 unspecified atom stereocenters. The lowest BCUT2D eigenvalue weighted by Crippen LogP contribution is -2.16. The monoisotopic (exact) mass is 810 g/mol. The number of benzene rings is 2. The van der Waals surface area contributed by atoms with E-state index >= 15 is 0 Å². The van der Waals surface area contributed by atoms with Gasteiger partial charge in [0.2, 0.25) is 0 Å². The minimum atomic E-state index is -1.41. The Balaban J connectivity index is 1.96. The van der Waals surface area contributed by atoms with Gasteiger partial charge in [-0.05, 0) is 87.5 Å². The molecule has 0 spiro atoms. The van der Waals surface area contributed by atoms with Gasteiger partial charge in [-0.25, -0.2) is 19.2 Å². The van der Waals surface area contributed by atoms with Gasteiger partial charge >= 0.3 is 35.8 Å². The minimum absolute atomic E-state index is 0.0483. The second-order valence-electron chi connectivity index (χ2n) is 14.6. The van der Waals surface area contributed by atoms with Crippen molar-refractivity contribution in [1.82, 2.24) is 0 Å². The van der Waals surface area contributed by atoms with E-state index in [1.54, 1.807) is 0 Å². The van der Waals surface area contributed by atoms with Crippen LogP contribution in [0.1, 0.15) is 188 Å². The predicted octanol–water partition coefficient (Wildman–Crippen LogP) is 9.27. The van der Waals surface area contributed by atoms with Crippen molar-refractivity contribution in [3.8, 4) is 0 Å². The fraction of sp³-hybridized carbons (Fsp3) is 0.578. The molecule has 0 amide bonds. The number of rotatable bonds is 30. The molecule has 2 rings (SSSR count). The van der Waals surface area contributed by atoms with Crippen molar-refractivity contribution in [2.75, 3.05) is 26.4 Å². The third kappa shape index (κ3) is 17.6. The van der Waals surface area contributed by atoms with Crippen LogP contribution in [-0.4, -0.2) is 78.2 Å². The van der Waals surface area contributed by atoms with E-state index in [4.69, 9.17) is 18.9 Å². The van der Waals surface area contributed by atoms with Crippen molar-refractivity contribution in [1.29, 1.82) is 0 Å². The first kappa shape index (κ1) is 49.1. The molecule has 0 aromatic heterocycles. The molecule has 2 aromatic rings. The van der Waals surface area contributed by atoms with Crippen LogP contribution in [0.25, 0.3) is 0 Å². The maximum Gasteiger partial charge on any atom is 0.339 e. The second-order valence-corrected chi connectivity index (χ2v) is 14.6. The van der Waals surface area contributed by atoms with Gasteiger partial charge in [0.15, 0.2) is 5.78 Å². The van der Waals surface area contributed by atoms with Crippen LogP contribution in [0, 0.1) is 11.8 Å². The van der Waals surface area contributed by atoms with Crippen molar-refractivity contribution in [2.45, 2.75) is 130 Å². The zero-order valence-electron chi connectivity index (χ0n) is 34.6. The lowest BCUT2D eigenvalue weighted by atomic mass is 9.95. The summed E-state index contributed by atoms with van der Waals surface area (Å²) >= 11 is 0. The van der Waals surface area contributed by atoms with Crippen LogP contribution in [0.4, 0.5) is 0 Å². The second kappa shape index (κ2) is 27.5. The van der Waals surface area contributed by atoms with E-state index in [9.17, 15) is 43.8 Å². The molecule has 58 heavy (non-hydrogen) atoms. The largest absolute Gasteiger partial charge is 0.478 e. The highest BCUT2D eigenvalue weighted by molar-refractivity contribution is 6.13. The van der Waals surface area contributed by atoms with Gasteiger partial charge in [0.1, 0.15) is 0 Å². The summed E-state index contributed by atoms with van der Waals surface area (Å²) in [6.45, 7) is 9.11. The number of carboxylic acid groups (broad SMARTS) is 2. The Hall–Kier alpha value is -5.07. The number of carbonyl (C=O) groups excluding carboxylic acids is 5. The molecule has 2 atom stereocenters. The van der Waals surface area contributed by atoms with E-state index < -0.39 is 29.7 Å². The van der Waals surface area contributed by atoms with Gasteiger partial charge in [0, 0.05) is 24.0 Å². The smallest absolute Gasteiger partial charge is 0.339 e. The van der Waals surface area contributed by atoms with Crippen LogP contribution in [-0.2, 0) is 28.5 Å². The van der Waals surface area contributed by atoms with Crippen LogP contribution in [0.3, 0.4) is 0 Å². The average Bonchev–Trinajstić information content (AvgIpc) is 3.22. The number of esters is 4. The molecule has 0 aliphatic heterocycles. The third-order valence-electron chi connectivity index (χ3n) is 10.0. The van der Waals surface area contributed by atoms with E-state index in [2.05, 4.69) is 27.7 Å². The zero-order valence-corrected chi connectivity index (χ0v) is 34.6. The normalized spacial score (nSPS) is 11.9. The van der Waals surface area contributed by atoms with Crippen molar-refractivity contribution in [3.63, 3.8) is 0 Å². The van der Waals surface area contributed by atoms with Crippen molar-refractivity contribution < 1.29 is 62.7 Å². The number of unbranched alkanes of at least 4 members (excludes halogenated alkanes) is 6. The number of hydrogen-bond acceptors (Lipinski definition) is 11. The molecule has 2 aromatic carbocycles. The number of hydrogen-bond donors (Lipinski definition) is 2. The van der Waals surface area contributed by atoms with Crippen molar-refractivity contribution in [3.05, 3.63) is 69.8 Å². The molecule has 0 saturated heterocycles. The highest BCUT2D eigenvalue weighted by Gasteiger charge is 2.24. The predicted molar refractivity (Wildman–Crippen MR) is 216 cm³/mol. The molecule has 13 heteroatoms. The van der Waals surface area contributed by atoms with Crippen LogP contribution in [0.2, 0.25) is 0 Å². The average molecular weight is 811 g/mol. The summed E-state index contributed by atoms with van der Waals surface area (Å²) in [5.41, 5.74) is -1.68. The van der Waals surface area contributed by atoms with Crippen molar-refractivity contribution in [2.24, 2.45) is 11.8 Å². The fourth-order valence-corrected chi connectivity index (χ4v) is 6.19. The number of aromatic carboxylic acids is 2. The highest BCUT2D eigenvalue weighted by Crippen LogP contribution is 2.21. The molecule has 0 bridgehead atoms. The molecule has 2 N–H and O–H groups in total. The number of ether oxygens (including phenoxy) is 4. The molecule has 0 radical (unpaired) electrons. The van der Waals surface area contributed by atoms with Crippen LogP contribution in [0.5, 0.6) is 0 Å². The molecule has 320 valence electrons. The number of carbonyl (C=O) groups is 7. The Morgan fingerprint density at radius 3 is 1.24 bits per heavy atom. The summed E-state index contributed by atoms with van der Waals surface area (Å²) in [6, 6.07) is 6.78. The molecule has 0 aliphatic rings. The molecule has 0 fully saturated rings. The number of carboxylic acids is 2. The lowest BCUT2D eigenvalue weighted by molar-refractivity contribution is -0.146. The summed E-state index contributed by atoms with van der Waals surface area (Å²) in [4.78, 5) is 87.8. The minimum Gasteiger partial charge on any atom is -0.478 e. The topological polar surface area (TPSA) is 197 Å². The summed E-state index contributed by atoms with van der Waals surface area (Å²) in [5, 5.41) is 19.4. The van der Waals surface area contributed by atoms with Gasteiger partial charge in [-0.15, -0.1) is 0 Å². The molecule has 0 aliphatic carbocycles. The zero-order chi connectivity index (χ0) is 42.9. The molecule has 13 nitrogen and oxygen atoms in total. The van der Waals surface area contributed by atoms with Crippen LogP contribution < -0.4 is 0 Å². The Bertz CT molecular complexity index is 1540. The lowest BCUT2D eigenvalue weighted by Gasteiger charge is -2.14. The summed E-state index contributed by atoms with van der Waals surface area (Å²) in [6.07, 6.45) is 11.8. The maximum absolute atomic E-state index is 13.6. The van der Waals surface area contributed by atoms with Crippen LogP contribution in [0.15, 0.2) is 36.4 Å². The van der Waals surface area contributed by atoms with E-state index in [-0.39, 0.29) is 71.4 Å². The third-order valence-corrected chi connectivity index (χ3v) is 10.0.